The Hall–Kier alpha value is -3.34. The number of nitrogens with one attached hydrogen (secondary N) is 1. The van der Waals surface area contributed by atoms with Crippen molar-refractivity contribution in [3.63, 3.8) is 0 Å². The van der Waals surface area contributed by atoms with Crippen molar-refractivity contribution < 1.29 is 19.1 Å². The number of hydrogen-bond donors (Lipinski definition) is 3. The Bertz CT molecular complexity index is 1140. The van der Waals surface area contributed by atoms with E-state index in [0.29, 0.717) is 30.5 Å². The molecule has 1 fully saturated rings. The van der Waals surface area contributed by atoms with Gasteiger partial charge in [0.1, 0.15) is 11.9 Å². The summed E-state index contributed by atoms with van der Waals surface area (Å²) in [7, 11) is 0. The molecule has 1 saturated carbocycles. The minimum Gasteiger partial charge on any atom is -0.459 e. The molecule has 34 heavy (non-hydrogen) atoms. The second-order valence-electron chi connectivity index (χ2n) is 9.82. The third-order valence-electron chi connectivity index (χ3n) is 6.43. The van der Waals surface area contributed by atoms with Gasteiger partial charge in [0.05, 0.1) is 35.1 Å². The number of carbonyl (C=O) groups excluding carboxylic acids is 3. The first-order valence-corrected chi connectivity index (χ1v) is 11.5. The van der Waals surface area contributed by atoms with Gasteiger partial charge in [-0.05, 0) is 38.0 Å². The molecule has 2 unspecified atom stereocenters. The number of rotatable bonds is 6. The number of aryl methyl sites for hydroxylation is 1. The summed E-state index contributed by atoms with van der Waals surface area (Å²) in [6, 6.07) is -0.265. The Labute approximate surface area is 197 Å². The number of nitrogens with two attached hydrogens (primary N) is 2. The average molecular weight is 470 g/mol. The van der Waals surface area contributed by atoms with Crippen LogP contribution in [0.2, 0.25) is 0 Å². The normalized spacial score (nSPS) is 21.6. The maximum atomic E-state index is 12.8. The van der Waals surface area contributed by atoms with Crippen LogP contribution in [0.1, 0.15) is 78.1 Å². The van der Waals surface area contributed by atoms with Crippen LogP contribution in [0.3, 0.4) is 0 Å². The molecule has 182 valence electrons. The Morgan fingerprint density at radius 2 is 2.00 bits per heavy atom. The maximum absolute atomic E-state index is 12.8. The third kappa shape index (κ3) is 4.65. The van der Waals surface area contributed by atoms with E-state index < -0.39 is 18.0 Å². The summed E-state index contributed by atoms with van der Waals surface area (Å²) in [6.07, 6.45) is 5.29. The van der Waals surface area contributed by atoms with E-state index in [1.54, 1.807) is 11.6 Å². The highest BCUT2D eigenvalue weighted by Crippen LogP contribution is 2.36. The summed E-state index contributed by atoms with van der Waals surface area (Å²) >= 11 is 0. The van der Waals surface area contributed by atoms with Crippen LogP contribution in [0.15, 0.2) is 6.20 Å². The van der Waals surface area contributed by atoms with Crippen molar-refractivity contribution in [1.82, 2.24) is 19.7 Å². The molecule has 11 heteroatoms. The molecule has 2 aliphatic carbocycles. The summed E-state index contributed by atoms with van der Waals surface area (Å²) in [4.78, 5) is 45.6. The number of nitrogens with zero attached hydrogens (tertiary/aromatic N) is 4. The van der Waals surface area contributed by atoms with E-state index in [-0.39, 0.29) is 41.1 Å². The molecule has 0 saturated heterocycles. The summed E-state index contributed by atoms with van der Waals surface area (Å²) in [5.41, 5.74) is 12.9. The lowest BCUT2D eigenvalue weighted by atomic mass is 9.75. The Balaban J connectivity index is 1.72. The Morgan fingerprint density at radius 1 is 1.26 bits per heavy atom. The Kier molecular flexibility index (Phi) is 6.39. The number of hydrogen-bond acceptors (Lipinski definition) is 9. The lowest BCUT2D eigenvalue weighted by Gasteiger charge is -2.32. The fraction of sp³-hybridized carbons (Fsp3) is 0.565. The number of esters is 1. The van der Waals surface area contributed by atoms with Crippen LogP contribution in [-0.2, 0) is 16.0 Å². The summed E-state index contributed by atoms with van der Waals surface area (Å²) in [6.45, 7) is 5.67. The van der Waals surface area contributed by atoms with Gasteiger partial charge in [-0.15, -0.1) is 0 Å². The number of Topliss-reactive ketones (excluding diaryl/α,β-unsaturated/α-hetero) is 1. The largest absolute Gasteiger partial charge is 0.459 e. The highest BCUT2D eigenvalue weighted by Gasteiger charge is 2.36. The number of primary amides is 1. The topological polar surface area (TPSA) is 168 Å². The number of anilines is 1. The molecule has 2 aromatic rings. The standard InChI is InChI=1S/C23H31N7O4/c1-12-19-15(8-23(2,3)9-16(19)31)30(29-12)22-26-11-13(20(25)33)21(28-22)27-14-6-4-5-7-17(14)34-18(32)10-24/h11,14,17H,4-10,24H2,1-3H3,(H2,25,33)(H,26,27,28). The van der Waals surface area contributed by atoms with Crippen molar-refractivity contribution in [1.29, 1.82) is 0 Å². The predicted molar refractivity (Wildman–Crippen MR) is 124 cm³/mol. The highest BCUT2D eigenvalue weighted by molar-refractivity contribution is 6.00. The van der Waals surface area contributed by atoms with Crippen molar-refractivity contribution in [2.24, 2.45) is 16.9 Å². The molecule has 5 N–H and O–H groups in total. The first kappa shape index (κ1) is 23.8. The van der Waals surface area contributed by atoms with E-state index in [9.17, 15) is 14.4 Å². The minimum atomic E-state index is -0.685. The lowest BCUT2D eigenvalue weighted by molar-refractivity contribution is -0.149. The van der Waals surface area contributed by atoms with E-state index in [0.717, 1.165) is 25.0 Å². The van der Waals surface area contributed by atoms with E-state index in [4.69, 9.17) is 16.2 Å². The number of ether oxygens (including phenoxy) is 1. The molecule has 0 radical (unpaired) electrons. The van der Waals surface area contributed by atoms with Crippen LogP contribution in [0.25, 0.3) is 5.95 Å². The Morgan fingerprint density at radius 3 is 2.71 bits per heavy atom. The second kappa shape index (κ2) is 9.13. The third-order valence-corrected chi connectivity index (χ3v) is 6.43. The fourth-order valence-electron chi connectivity index (χ4n) is 4.87. The van der Waals surface area contributed by atoms with Gasteiger partial charge in [-0.25, -0.2) is 9.67 Å². The lowest BCUT2D eigenvalue weighted by Crippen LogP contribution is -2.41. The quantitative estimate of drug-likeness (QED) is 0.530. The van der Waals surface area contributed by atoms with Crippen LogP contribution < -0.4 is 16.8 Å². The minimum absolute atomic E-state index is 0.0499. The number of carbonyl (C=O) groups is 3. The summed E-state index contributed by atoms with van der Waals surface area (Å²) in [5.74, 6) is -0.650. The molecule has 2 aliphatic rings. The molecule has 2 heterocycles. The van der Waals surface area contributed by atoms with Crippen molar-refractivity contribution in [2.45, 2.75) is 71.4 Å². The molecule has 0 bridgehead atoms. The van der Waals surface area contributed by atoms with Gasteiger partial charge in [0.2, 0.25) is 0 Å². The second-order valence-corrected chi connectivity index (χ2v) is 9.82. The first-order valence-electron chi connectivity index (χ1n) is 11.5. The first-order chi connectivity index (χ1) is 16.1. The number of ketones is 1. The summed E-state index contributed by atoms with van der Waals surface area (Å²) in [5, 5.41) is 7.80. The van der Waals surface area contributed by atoms with E-state index in [1.165, 1.54) is 6.20 Å². The fourth-order valence-corrected chi connectivity index (χ4v) is 4.87. The van der Waals surface area contributed by atoms with E-state index in [1.807, 2.05) is 13.8 Å². The maximum Gasteiger partial charge on any atom is 0.320 e. The molecule has 2 aromatic heterocycles. The molecule has 11 nitrogen and oxygen atoms in total. The van der Waals surface area contributed by atoms with Gasteiger partial charge in [0.15, 0.2) is 5.78 Å². The zero-order valence-electron chi connectivity index (χ0n) is 19.8. The van der Waals surface area contributed by atoms with Crippen molar-refractivity contribution in [3.8, 4) is 5.95 Å². The molecule has 0 aliphatic heterocycles. The van der Waals surface area contributed by atoms with Crippen molar-refractivity contribution in [3.05, 3.63) is 28.7 Å². The average Bonchev–Trinajstić information content (AvgIpc) is 3.09. The van der Waals surface area contributed by atoms with Crippen LogP contribution in [0.5, 0.6) is 0 Å². The predicted octanol–water partition coefficient (Wildman–Crippen LogP) is 1.45. The van der Waals surface area contributed by atoms with Crippen LogP contribution in [0.4, 0.5) is 5.82 Å². The highest BCUT2D eigenvalue weighted by atomic mass is 16.5. The van der Waals surface area contributed by atoms with E-state index in [2.05, 4.69) is 20.4 Å². The number of aromatic nitrogens is 4. The zero-order chi connectivity index (χ0) is 24.6. The van der Waals surface area contributed by atoms with Gasteiger partial charge >= 0.3 is 5.97 Å². The van der Waals surface area contributed by atoms with Crippen LogP contribution in [0, 0.1) is 12.3 Å². The summed E-state index contributed by atoms with van der Waals surface area (Å²) < 4.78 is 7.09. The van der Waals surface area contributed by atoms with Crippen molar-refractivity contribution in [2.75, 3.05) is 11.9 Å². The van der Waals surface area contributed by atoms with Gasteiger partial charge in [0, 0.05) is 12.6 Å². The van der Waals surface area contributed by atoms with Gasteiger partial charge in [-0.3, -0.25) is 14.4 Å². The number of amides is 1. The van der Waals surface area contributed by atoms with Crippen molar-refractivity contribution >= 4 is 23.5 Å². The smallest absolute Gasteiger partial charge is 0.320 e. The van der Waals surface area contributed by atoms with Crippen LogP contribution >= 0.6 is 0 Å². The number of fused-ring (bicyclic) bond motifs is 1. The van der Waals surface area contributed by atoms with Gasteiger partial charge in [-0.1, -0.05) is 20.3 Å². The van der Waals surface area contributed by atoms with Gasteiger partial charge < -0.3 is 21.5 Å². The monoisotopic (exact) mass is 469 g/mol. The molecular weight excluding hydrogens is 438 g/mol. The van der Waals surface area contributed by atoms with Crippen LogP contribution in [-0.4, -0.2) is 56.1 Å². The SMILES string of the molecule is Cc1nn(-c2ncc(C(N)=O)c(NC3CCCCC3OC(=O)CN)n2)c2c1C(=O)CC(C)(C)C2. The van der Waals surface area contributed by atoms with Gasteiger partial charge in [-0.2, -0.15) is 10.1 Å². The molecule has 2 atom stereocenters. The molecular formula is C23H31N7O4. The van der Waals surface area contributed by atoms with Gasteiger partial charge in [0.25, 0.3) is 11.9 Å². The molecule has 1 amide bonds. The molecule has 4 rings (SSSR count). The van der Waals surface area contributed by atoms with E-state index >= 15 is 0 Å². The zero-order valence-corrected chi connectivity index (χ0v) is 19.8. The molecule has 0 aromatic carbocycles. The molecule has 0 spiro atoms.